The van der Waals surface area contributed by atoms with Crippen molar-refractivity contribution in [3.63, 3.8) is 0 Å². The number of rotatable bonds is 3. The summed E-state index contributed by atoms with van der Waals surface area (Å²) in [6.07, 6.45) is 0. The van der Waals surface area contributed by atoms with Crippen molar-refractivity contribution in [1.82, 2.24) is 10.3 Å². The summed E-state index contributed by atoms with van der Waals surface area (Å²) in [7, 11) is 0. The molecular formula is C10H16N2S3. The minimum Gasteiger partial charge on any atom is -0.307 e. The van der Waals surface area contributed by atoms with Gasteiger partial charge in [-0.15, -0.1) is 11.3 Å². The molecule has 0 radical (unpaired) electrons. The van der Waals surface area contributed by atoms with Gasteiger partial charge in [-0.05, 0) is 6.92 Å². The second kappa shape index (κ2) is 6.13. The quantitative estimate of drug-likeness (QED) is 0.902. The van der Waals surface area contributed by atoms with E-state index in [4.69, 9.17) is 0 Å². The van der Waals surface area contributed by atoms with E-state index in [1.165, 1.54) is 28.7 Å². The van der Waals surface area contributed by atoms with Gasteiger partial charge in [0.25, 0.3) is 0 Å². The molecule has 1 aliphatic heterocycles. The molecule has 1 fully saturated rings. The standard InChI is InChI=1S/C10H16N2S3/c1-8-12-9(7-15-8)4-11-10-5-13-2-3-14-6-10/h7,10-11H,2-6H2,1H3. The lowest BCUT2D eigenvalue weighted by atomic mass is 10.3. The highest BCUT2D eigenvalue weighted by Crippen LogP contribution is 2.17. The molecule has 0 spiro atoms. The molecular weight excluding hydrogens is 244 g/mol. The zero-order valence-corrected chi connectivity index (χ0v) is 11.3. The van der Waals surface area contributed by atoms with Gasteiger partial charge in [0.2, 0.25) is 0 Å². The molecule has 0 saturated carbocycles. The van der Waals surface area contributed by atoms with Gasteiger partial charge >= 0.3 is 0 Å². The van der Waals surface area contributed by atoms with Gasteiger partial charge in [-0.1, -0.05) is 0 Å². The van der Waals surface area contributed by atoms with E-state index in [0.717, 1.165) is 11.6 Å². The van der Waals surface area contributed by atoms with Gasteiger partial charge in [0.1, 0.15) is 0 Å². The summed E-state index contributed by atoms with van der Waals surface area (Å²) < 4.78 is 0. The van der Waals surface area contributed by atoms with Crippen molar-refractivity contribution in [3.05, 3.63) is 16.1 Å². The number of aryl methyl sites for hydroxylation is 1. The highest BCUT2D eigenvalue weighted by atomic mass is 32.2. The van der Waals surface area contributed by atoms with Gasteiger partial charge in [-0.25, -0.2) is 4.98 Å². The molecule has 1 saturated heterocycles. The van der Waals surface area contributed by atoms with Crippen molar-refractivity contribution >= 4 is 34.9 Å². The third kappa shape index (κ3) is 3.98. The largest absolute Gasteiger partial charge is 0.307 e. The van der Waals surface area contributed by atoms with Gasteiger partial charge in [0.05, 0.1) is 10.7 Å². The summed E-state index contributed by atoms with van der Waals surface area (Å²) in [5, 5.41) is 6.91. The number of nitrogens with one attached hydrogen (secondary N) is 1. The van der Waals surface area contributed by atoms with Crippen molar-refractivity contribution in [3.8, 4) is 0 Å². The van der Waals surface area contributed by atoms with Crippen LogP contribution in [-0.4, -0.2) is 34.0 Å². The van der Waals surface area contributed by atoms with Crippen LogP contribution in [0.2, 0.25) is 0 Å². The first-order chi connectivity index (χ1) is 7.34. The Balaban J connectivity index is 1.76. The second-order valence-electron chi connectivity index (χ2n) is 3.59. The van der Waals surface area contributed by atoms with Gasteiger partial charge in [-0.3, -0.25) is 0 Å². The zero-order valence-electron chi connectivity index (χ0n) is 8.86. The summed E-state index contributed by atoms with van der Waals surface area (Å²) in [6, 6.07) is 0.657. The summed E-state index contributed by atoms with van der Waals surface area (Å²) in [6.45, 7) is 2.99. The first-order valence-corrected chi connectivity index (χ1v) is 8.33. The molecule has 1 aromatic heterocycles. The summed E-state index contributed by atoms with van der Waals surface area (Å²) in [5.41, 5.74) is 1.19. The Labute approximate surface area is 104 Å². The number of thioether (sulfide) groups is 2. The number of nitrogens with zero attached hydrogens (tertiary/aromatic N) is 1. The SMILES string of the molecule is Cc1nc(CNC2CSCCSC2)cs1. The van der Waals surface area contributed by atoms with E-state index in [0.29, 0.717) is 6.04 Å². The lowest BCUT2D eigenvalue weighted by Crippen LogP contribution is -2.32. The zero-order chi connectivity index (χ0) is 10.5. The van der Waals surface area contributed by atoms with E-state index in [1.807, 2.05) is 0 Å². The van der Waals surface area contributed by atoms with Crippen LogP contribution in [0.3, 0.4) is 0 Å². The molecule has 0 atom stereocenters. The monoisotopic (exact) mass is 260 g/mol. The Bertz CT molecular complexity index is 293. The average Bonchev–Trinajstić information content (AvgIpc) is 2.52. The smallest absolute Gasteiger partial charge is 0.0897 e. The maximum absolute atomic E-state index is 4.46. The van der Waals surface area contributed by atoms with E-state index < -0.39 is 0 Å². The molecule has 5 heteroatoms. The molecule has 1 N–H and O–H groups in total. The van der Waals surface area contributed by atoms with Crippen LogP contribution in [0.1, 0.15) is 10.7 Å². The Morgan fingerprint density at radius 3 is 2.73 bits per heavy atom. The molecule has 84 valence electrons. The topological polar surface area (TPSA) is 24.9 Å². The molecule has 2 rings (SSSR count). The minimum atomic E-state index is 0.657. The predicted octanol–water partition coefficient (Wildman–Crippen LogP) is 2.39. The van der Waals surface area contributed by atoms with Crippen molar-refractivity contribution in [1.29, 1.82) is 0 Å². The molecule has 0 bridgehead atoms. The van der Waals surface area contributed by atoms with E-state index in [1.54, 1.807) is 11.3 Å². The number of hydrogen-bond donors (Lipinski definition) is 1. The van der Waals surface area contributed by atoms with Crippen LogP contribution < -0.4 is 5.32 Å². The van der Waals surface area contributed by atoms with Gasteiger partial charge < -0.3 is 5.32 Å². The normalized spacial score (nSPS) is 19.0. The molecule has 0 aliphatic carbocycles. The maximum Gasteiger partial charge on any atom is 0.0897 e. The molecule has 1 aliphatic rings. The van der Waals surface area contributed by atoms with Crippen molar-refractivity contribution < 1.29 is 0 Å². The predicted molar refractivity (Wildman–Crippen MR) is 72.1 cm³/mol. The lowest BCUT2D eigenvalue weighted by Gasteiger charge is -2.14. The van der Waals surface area contributed by atoms with E-state index in [-0.39, 0.29) is 0 Å². The van der Waals surface area contributed by atoms with Crippen LogP contribution in [0, 0.1) is 6.92 Å². The molecule has 0 unspecified atom stereocenters. The fourth-order valence-electron chi connectivity index (χ4n) is 1.47. The number of hydrogen-bond acceptors (Lipinski definition) is 5. The minimum absolute atomic E-state index is 0.657. The molecule has 2 nitrogen and oxygen atoms in total. The Morgan fingerprint density at radius 1 is 1.40 bits per heavy atom. The van der Waals surface area contributed by atoms with Gasteiger partial charge in [0.15, 0.2) is 0 Å². The Morgan fingerprint density at radius 2 is 2.13 bits per heavy atom. The van der Waals surface area contributed by atoms with E-state index in [9.17, 15) is 0 Å². The molecule has 15 heavy (non-hydrogen) atoms. The number of aromatic nitrogens is 1. The van der Waals surface area contributed by atoms with Crippen molar-refractivity contribution in [2.24, 2.45) is 0 Å². The molecule has 2 heterocycles. The number of thiazole rings is 1. The Kier molecular flexibility index (Phi) is 4.81. The fraction of sp³-hybridized carbons (Fsp3) is 0.700. The average molecular weight is 260 g/mol. The van der Waals surface area contributed by atoms with Crippen LogP contribution in [-0.2, 0) is 6.54 Å². The highest BCUT2D eigenvalue weighted by molar-refractivity contribution is 8.03. The highest BCUT2D eigenvalue weighted by Gasteiger charge is 2.12. The molecule has 0 aromatic carbocycles. The van der Waals surface area contributed by atoms with Crippen LogP contribution in [0.25, 0.3) is 0 Å². The molecule has 1 aromatic rings. The first kappa shape index (κ1) is 11.8. The van der Waals surface area contributed by atoms with Crippen molar-refractivity contribution in [2.75, 3.05) is 23.0 Å². The summed E-state index contributed by atoms with van der Waals surface area (Å²) in [5.74, 6) is 5.10. The van der Waals surface area contributed by atoms with Crippen molar-refractivity contribution in [2.45, 2.75) is 19.5 Å². The van der Waals surface area contributed by atoms with Crippen LogP contribution in [0.15, 0.2) is 5.38 Å². The van der Waals surface area contributed by atoms with E-state index >= 15 is 0 Å². The third-order valence-electron chi connectivity index (χ3n) is 2.25. The Hall–Kier alpha value is 0.290. The summed E-state index contributed by atoms with van der Waals surface area (Å²) >= 11 is 5.86. The third-order valence-corrected chi connectivity index (χ3v) is 5.59. The lowest BCUT2D eigenvalue weighted by molar-refractivity contribution is 0.597. The summed E-state index contributed by atoms with van der Waals surface area (Å²) in [4.78, 5) is 4.46. The van der Waals surface area contributed by atoms with Crippen LogP contribution in [0.4, 0.5) is 0 Å². The van der Waals surface area contributed by atoms with Gasteiger partial charge in [0, 0.05) is 41.0 Å². The van der Waals surface area contributed by atoms with E-state index in [2.05, 4.69) is 46.1 Å². The molecule has 0 amide bonds. The second-order valence-corrected chi connectivity index (χ2v) is 6.95. The maximum atomic E-state index is 4.46. The van der Waals surface area contributed by atoms with Gasteiger partial charge in [-0.2, -0.15) is 23.5 Å². The fourth-order valence-corrected chi connectivity index (χ4v) is 4.55. The first-order valence-electron chi connectivity index (χ1n) is 5.14. The van der Waals surface area contributed by atoms with Crippen LogP contribution in [0.5, 0.6) is 0 Å². The van der Waals surface area contributed by atoms with Crippen LogP contribution >= 0.6 is 34.9 Å².